The van der Waals surface area contributed by atoms with E-state index in [-0.39, 0.29) is 0 Å². The number of hydrogen-bond donors (Lipinski definition) is 4. The molecule has 0 fully saturated rings. The monoisotopic (exact) mass is 176 g/mol. The lowest BCUT2D eigenvalue weighted by molar-refractivity contribution is 0.695. The lowest BCUT2D eigenvalue weighted by Gasteiger charge is -1.91. The van der Waals surface area contributed by atoms with Crippen LogP contribution in [0.5, 0.6) is 0 Å². The van der Waals surface area contributed by atoms with Crippen molar-refractivity contribution in [2.75, 3.05) is 26.2 Å². The summed E-state index contributed by atoms with van der Waals surface area (Å²) in [5, 5.41) is 0. The van der Waals surface area contributed by atoms with E-state index in [1.165, 1.54) is 6.42 Å². The molecular formula is C8H24N4. The van der Waals surface area contributed by atoms with Crippen LogP contribution in [0.25, 0.3) is 0 Å². The highest BCUT2D eigenvalue weighted by molar-refractivity contribution is 4.41. The fraction of sp³-hybridized carbons (Fsp3) is 1.00. The molecule has 0 aromatic carbocycles. The van der Waals surface area contributed by atoms with Gasteiger partial charge in [-0.2, -0.15) is 0 Å². The molecule has 0 aliphatic carbocycles. The van der Waals surface area contributed by atoms with Crippen LogP contribution in [0.2, 0.25) is 0 Å². The summed E-state index contributed by atoms with van der Waals surface area (Å²) in [7, 11) is 0. The Kier molecular flexibility index (Phi) is 20.4. The third-order valence-corrected chi connectivity index (χ3v) is 1.32. The van der Waals surface area contributed by atoms with Crippen molar-refractivity contribution in [1.29, 1.82) is 0 Å². The molecule has 0 aliphatic heterocycles. The van der Waals surface area contributed by atoms with Gasteiger partial charge in [0.2, 0.25) is 0 Å². The second-order valence-corrected chi connectivity index (χ2v) is 2.57. The lowest BCUT2D eigenvalue weighted by Crippen LogP contribution is -2.06. The predicted molar refractivity (Wildman–Crippen MR) is 54.7 cm³/mol. The molecule has 4 heteroatoms. The minimum Gasteiger partial charge on any atom is -0.330 e. The first-order valence-electron chi connectivity index (χ1n) is 4.63. The van der Waals surface area contributed by atoms with Gasteiger partial charge in [-0.1, -0.05) is 6.42 Å². The van der Waals surface area contributed by atoms with Crippen LogP contribution in [0.15, 0.2) is 0 Å². The van der Waals surface area contributed by atoms with E-state index < -0.39 is 0 Å². The zero-order valence-corrected chi connectivity index (χ0v) is 7.97. The first-order chi connectivity index (χ1) is 5.83. The molecule has 0 aromatic heterocycles. The molecule has 0 radical (unpaired) electrons. The van der Waals surface area contributed by atoms with Crippen molar-refractivity contribution in [1.82, 2.24) is 0 Å². The molecule has 0 aliphatic rings. The van der Waals surface area contributed by atoms with E-state index in [0.717, 1.165) is 45.4 Å². The summed E-state index contributed by atoms with van der Waals surface area (Å²) in [5.74, 6) is 0. The van der Waals surface area contributed by atoms with E-state index in [0.29, 0.717) is 0 Å². The molecule has 0 spiro atoms. The average Bonchev–Trinajstić information content (AvgIpc) is 2.08. The SMILES string of the molecule is NCCCCCN.NCCCN. The van der Waals surface area contributed by atoms with Crippen LogP contribution in [-0.4, -0.2) is 26.2 Å². The summed E-state index contributed by atoms with van der Waals surface area (Å²) >= 11 is 0. The maximum absolute atomic E-state index is 5.23. The maximum atomic E-state index is 5.23. The summed E-state index contributed by atoms with van der Waals surface area (Å²) < 4.78 is 0. The van der Waals surface area contributed by atoms with E-state index in [4.69, 9.17) is 22.9 Å². The molecule has 0 aromatic rings. The van der Waals surface area contributed by atoms with Gasteiger partial charge in [-0.25, -0.2) is 0 Å². The maximum Gasteiger partial charge on any atom is -0.00653 e. The Balaban J connectivity index is 0. The second kappa shape index (κ2) is 17.1. The van der Waals surface area contributed by atoms with Gasteiger partial charge in [-0.15, -0.1) is 0 Å². The standard InChI is InChI=1S/C5H14N2.C3H10N2/c6-4-2-1-3-5-7;4-2-1-3-5/h1-7H2;1-5H2. The van der Waals surface area contributed by atoms with E-state index in [2.05, 4.69) is 0 Å². The lowest BCUT2D eigenvalue weighted by atomic mass is 10.2. The zero-order chi connectivity index (χ0) is 9.66. The summed E-state index contributed by atoms with van der Waals surface area (Å²) in [6, 6.07) is 0. The third kappa shape index (κ3) is 22.5. The molecular weight excluding hydrogens is 152 g/mol. The van der Waals surface area contributed by atoms with E-state index >= 15 is 0 Å². The van der Waals surface area contributed by atoms with Crippen molar-refractivity contribution in [3.05, 3.63) is 0 Å². The van der Waals surface area contributed by atoms with Gasteiger partial charge in [0.15, 0.2) is 0 Å². The van der Waals surface area contributed by atoms with Crippen LogP contribution >= 0.6 is 0 Å². The topological polar surface area (TPSA) is 104 Å². The van der Waals surface area contributed by atoms with Crippen molar-refractivity contribution >= 4 is 0 Å². The summed E-state index contributed by atoms with van der Waals surface area (Å²) in [4.78, 5) is 0. The molecule has 0 saturated heterocycles. The van der Waals surface area contributed by atoms with Crippen LogP contribution < -0.4 is 22.9 Å². The Hall–Kier alpha value is -0.160. The van der Waals surface area contributed by atoms with Crippen LogP contribution in [-0.2, 0) is 0 Å². The van der Waals surface area contributed by atoms with Crippen LogP contribution in [0, 0.1) is 0 Å². The zero-order valence-electron chi connectivity index (χ0n) is 7.97. The molecule has 0 bridgehead atoms. The van der Waals surface area contributed by atoms with Crippen molar-refractivity contribution in [2.24, 2.45) is 22.9 Å². The third-order valence-electron chi connectivity index (χ3n) is 1.32. The molecule has 0 heterocycles. The molecule has 12 heavy (non-hydrogen) atoms. The van der Waals surface area contributed by atoms with Gasteiger partial charge >= 0.3 is 0 Å². The smallest absolute Gasteiger partial charge is 0.00653 e. The van der Waals surface area contributed by atoms with Gasteiger partial charge in [0.1, 0.15) is 0 Å². The Morgan fingerprint density at radius 1 is 0.417 bits per heavy atom. The summed E-state index contributed by atoms with van der Waals surface area (Å²) in [6.45, 7) is 3.05. The average molecular weight is 176 g/mol. The van der Waals surface area contributed by atoms with Gasteiger partial charge < -0.3 is 22.9 Å². The van der Waals surface area contributed by atoms with Crippen molar-refractivity contribution in [2.45, 2.75) is 25.7 Å². The molecule has 0 saturated carbocycles. The number of unbranched alkanes of at least 4 members (excludes halogenated alkanes) is 2. The van der Waals surface area contributed by atoms with Gasteiger partial charge in [-0.3, -0.25) is 0 Å². The highest BCUT2D eigenvalue weighted by Crippen LogP contribution is 1.88. The van der Waals surface area contributed by atoms with Crippen LogP contribution in [0.4, 0.5) is 0 Å². The van der Waals surface area contributed by atoms with Crippen molar-refractivity contribution < 1.29 is 0 Å². The number of hydrogen-bond acceptors (Lipinski definition) is 4. The molecule has 0 rings (SSSR count). The molecule has 4 nitrogen and oxygen atoms in total. The molecule has 8 N–H and O–H groups in total. The highest BCUT2D eigenvalue weighted by atomic mass is 14.6. The largest absolute Gasteiger partial charge is 0.330 e. The van der Waals surface area contributed by atoms with Crippen molar-refractivity contribution in [3.8, 4) is 0 Å². The Morgan fingerprint density at radius 3 is 0.917 bits per heavy atom. The summed E-state index contributed by atoms with van der Waals surface area (Å²) in [5.41, 5.74) is 20.6. The minimum atomic E-state index is 0.719. The first kappa shape index (κ1) is 14.4. The van der Waals surface area contributed by atoms with Gasteiger partial charge in [-0.05, 0) is 45.4 Å². The van der Waals surface area contributed by atoms with Gasteiger partial charge in [0, 0.05) is 0 Å². The fourth-order valence-corrected chi connectivity index (χ4v) is 0.583. The quantitative estimate of drug-likeness (QED) is 0.404. The molecule has 0 amide bonds. The molecule has 76 valence electrons. The number of rotatable bonds is 6. The molecule has 0 unspecified atom stereocenters. The van der Waals surface area contributed by atoms with E-state index in [1.54, 1.807) is 0 Å². The normalized spacial score (nSPS) is 9.00. The second-order valence-electron chi connectivity index (χ2n) is 2.57. The van der Waals surface area contributed by atoms with Crippen LogP contribution in [0.1, 0.15) is 25.7 Å². The molecule has 0 atom stereocenters. The van der Waals surface area contributed by atoms with E-state index in [1.807, 2.05) is 0 Å². The Morgan fingerprint density at radius 2 is 0.750 bits per heavy atom. The van der Waals surface area contributed by atoms with Gasteiger partial charge in [0.05, 0.1) is 0 Å². The van der Waals surface area contributed by atoms with Crippen LogP contribution in [0.3, 0.4) is 0 Å². The summed E-state index contributed by atoms with van der Waals surface area (Å²) in [6.07, 6.45) is 4.38. The van der Waals surface area contributed by atoms with Crippen molar-refractivity contribution in [3.63, 3.8) is 0 Å². The highest BCUT2D eigenvalue weighted by Gasteiger charge is 1.80. The first-order valence-corrected chi connectivity index (χ1v) is 4.63. The Bertz CT molecular complexity index is 53.0. The van der Waals surface area contributed by atoms with E-state index in [9.17, 15) is 0 Å². The minimum absolute atomic E-state index is 0.719. The Labute approximate surface area is 75.7 Å². The fourth-order valence-electron chi connectivity index (χ4n) is 0.583. The number of nitrogens with two attached hydrogens (primary N) is 4. The van der Waals surface area contributed by atoms with Gasteiger partial charge in [0.25, 0.3) is 0 Å². The predicted octanol–water partition coefficient (Wildman–Crippen LogP) is -0.632.